The van der Waals surface area contributed by atoms with E-state index in [2.05, 4.69) is 17.3 Å². The number of nitrogens with one attached hydrogen (secondary N) is 1. The van der Waals surface area contributed by atoms with Crippen molar-refractivity contribution in [2.45, 2.75) is 70.8 Å². The van der Waals surface area contributed by atoms with Crippen LogP contribution < -0.4 is 11.1 Å². The summed E-state index contributed by atoms with van der Waals surface area (Å²) in [5.74, 6) is 0.396. The zero-order chi connectivity index (χ0) is 17.4. The number of primary amides is 1. The van der Waals surface area contributed by atoms with Gasteiger partial charge in [0.05, 0.1) is 12.1 Å². The molecule has 0 spiro atoms. The number of carbonyl (C=O) groups excluding carboxylic acids is 1. The highest BCUT2D eigenvalue weighted by Gasteiger charge is 2.28. The number of unbranched alkanes of at least 4 members (excludes halogenated alkanes) is 3. The van der Waals surface area contributed by atoms with Crippen molar-refractivity contribution in [3.8, 4) is 0 Å². The van der Waals surface area contributed by atoms with Crippen LogP contribution in [0.3, 0.4) is 0 Å². The lowest BCUT2D eigenvalue weighted by Gasteiger charge is -2.23. The standard InChI is InChI=1S/C19H34N4O/c1-3-4-5-6-8-16-9-7-10-18(16)21-13-17(19(20)24)11-15-12-22-23(2)14-15/h12,14,16-18,21H,3-11,13H2,1-2H3,(H2,20,24). The minimum Gasteiger partial charge on any atom is -0.369 e. The van der Waals surface area contributed by atoms with Gasteiger partial charge in [-0.1, -0.05) is 39.0 Å². The zero-order valence-corrected chi connectivity index (χ0v) is 15.3. The van der Waals surface area contributed by atoms with Gasteiger partial charge in [0.25, 0.3) is 0 Å². The summed E-state index contributed by atoms with van der Waals surface area (Å²) in [5.41, 5.74) is 6.69. The summed E-state index contributed by atoms with van der Waals surface area (Å²) < 4.78 is 1.77. The van der Waals surface area contributed by atoms with E-state index in [-0.39, 0.29) is 11.8 Å². The lowest BCUT2D eigenvalue weighted by molar-refractivity contribution is -0.121. The summed E-state index contributed by atoms with van der Waals surface area (Å²) in [4.78, 5) is 11.8. The second-order valence-electron chi connectivity index (χ2n) is 7.38. The smallest absolute Gasteiger partial charge is 0.222 e. The van der Waals surface area contributed by atoms with E-state index < -0.39 is 0 Å². The largest absolute Gasteiger partial charge is 0.369 e. The van der Waals surface area contributed by atoms with E-state index in [1.165, 1.54) is 51.4 Å². The molecule has 3 atom stereocenters. The van der Waals surface area contributed by atoms with E-state index in [1.54, 1.807) is 4.68 Å². The van der Waals surface area contributed by atoms with Crippen molar-refractivity contribution < 1.29 is 4.79 Å². The SMILES string of the molecule is CCCCCCC1CCCC1NCC(Cc1cnn(C)c1)C(N)=O. The molecule has 1 saturated carbocycles. The third kappa shape index (κ3) is 5.93. The second kappa shape index (κ2) is 9.82. The molecular weight excluding hydrogens is 300 g/mol. The minimum atomic E-state index is -0.219. The Morgan fingerprint density at radius 3 is 2.92 bits per heavy atom. The molecule has 1 aromatic heterocycles. The molecule has 1 heterocycles. The summed E-state index contributed by atoms with van der Waals surface area (Å²) in [6.07, 6.45) is 15.0. The van der Waals surface area contributed by atoms with E-state index in [1.807, 2.05) is 19.4 Å². The lowest BCUT2D eigenvalue weighted by Crippen LogP contribution is -2.40. The highest BCUT2D eigenvalue weighted by atomic mass is 16.1. The van der Waals surface area contributed by atoms with Gasteiger partial charge in [-0.25, -0.2) is 0 Å². The molecule has 2 rings (SSSR count). The van der Waals surface area contributed by atoms with Crippen molar-refractivity contribution in [1.82, 2.24) is 15.1 Å². The number of hydrogen-bond acceptors (Lipinski definition) is 3. The molecule has 0 saturated heterocycles. The van der Waals surface area contributed by atoms with Crippen molar-refractivity contribution in [2.75, 3.05) is 6.54 Å². The molecule has 3 unspecified atom stereocenters. The molecule has 0 aromatic carbocycles. The van der Waals surface area contributed by atoms with Gasteiger partial charge in [-0.15, -0.1) is 0 Å². The predicted octanol–water partition coefficient (Wildman–Crippen LogP) is 2.79. The van der Waals surface area contributed by atoms with Crippen LogP contribution >= 0.6 is 0 Å². The minimum absolute atomic E-state index is 0.157. The fourth-order valence-electron chi connectivity index (χ4n) is 3.91. The molecule has 1 amide bonds. The van der Waals surface area contributed by atoms with Crippen LogP contribution in [-0.4, -0.2) is 28.3 Å². The maximum Gasteiger partial charge on any atom is 0.222 e. The van der Waals surface area contributed by atoms with Crippen molar-refractivity contribution >= 4 is 5.91 Å². The van der Waals surface area contributed by atoms with Gasteiger partial charge in [0.15, 0.2) is 0 Å². The van der Waals surface area contributed by atoms with Gasteiger partial charge in [-0.2, -0.15) is 5.10 Å². The van der Waals surface area contributed by atoms with Crippen LogP contribution in [0.15, 0.2) is 12.4 Å². The molecule has 0 radical (unpaired) electrons. The highest BCUT2D eigenvalue weighted by molar-refractivity contribution is 5.77. The van der Waals surface area contributed by atoms with Crippen LogP contribution in [0.25, 0.3) is 0 Å². The molecule has 24 heavy (non-hydrogen) atoms. The third-order valence-corrected chi connectivity index (χ3v) is 5.36. The maximum atomic E-state index is 11.8. The number of hydrogen-bond donors (Lipinski definition) is 2. The van der Waals surface area contributed by atoms with Crippen LogP contribution in [-0.2, 0) is 18.3 Å². The van der Waals surface area contributed by atoms with E-state index >= 15 is 0 Å². The number of rotatable bonds is 11. The number of nitrogens with two attached hydrogens (primary N) is 1. The number of carbonyl (C=O) groups is 1. The summed E-state index contributed by atoms with van der Waals surface area (Å²) in [5, 5.41) is 7.82. The van der Waals surface area contributed by atoms with Crippen LogP contribution in [0.1, 0.15) is 63.9 Å². The molecule has 5 nitrogen and oxygen atoms in total. The van der Waals surface area contributed by atoms with Gasteiger partial charge >= 0.3 is 0 Å². The first-order valence-corrected chi connectivity index (χ1v) is 9.60. The number of amides is 1. The maximum absolute atomic E-state index is 11.8. The Balaban J connectivity index is 1.78. The fraction of sp³-hybridized carbons (Fsp3) is 0.789. The molecule has 1 aromatic rings. The molecule has 1 aliphatic rings. The highest BCUT2D eigenvalue weighted by Crippen LogP contribution is 2.30. The average molecular weight is 335 g/mol. The molecular formula is C19H34N4O. The van der Waals surface area contributed by atoms with Gasteiger partial charge in [0.1, 0.15) is 0 Å². The Hall–Kier alpha value is -1.36. The number of nitrogens with zero attached hydrogens (tertiary/aromatic N) is 2. The Morgan fingerprint density at radius 1 is 1.42 bits per heavy atom. The molecule has 1 aliphatic carbocycles. The summed E-state index contributed by atoms with van der Waals surface area (Å²) >= 11 is 0. The first-order valence-electron chi connectivity index (χ1n) is 9.60. The second-order valence-corrected chi connectivity index (χ2v) is 7.38. The Morgan fingerprint density at radius 2 is 2.25 bits per heavy atom. The van der Waals surface area contributed by atoms with Crippen molar-refractivity contribution in [3.63, 3.8) is 0 Å². The van der Waals surface area contributed by atoms with Crippen LogP contribution in [0.2, 0.25) is 0 Å². The molecule has 3 N–H and O–H groups in total. The summed E-state index contributed by atoms with van der Waals surface area (Å²) in [6, 6.07) is 0.558. The van der Waals surface area contributed by atoms with Gasteiger partial charge in [-0.3, -0.25) is 9.48 Å². The van der Waals surface area contributed by atoms with Gasteiger partial charge in [0.2, 0.25) is 5.91 Å². The molecule has 0 bridgehead atoms. The van der Waals surface area contributed by atoms with Gasteiger partial charge in [-0.05, 0) is 37.2 Å². The first-order chi connectivity index (χ1) is 11.6. The van der Waals surface area contributed by atoms with Gasteiger partial charge in [0, 0.05) is 25.8 Å². The molecule has 136 valence electrons. The molecule has 1 fully saturated rings. The lowest BCUT2D eigenvalue weighted by atomic mass is 9.94. The zero-order valence-electron chi connectivity index (χ0n) is 15.3. The number of aryl methyl sites for hydroxylation is 1. The van der Waals surface area contributed by atoms with E-state index in [0.717, 1.165) is 11.5 Å². The van der Waals surface area contributed by atoms with Crippen molar-refractivity contribution in [1.29, 1.82) is 0 Å². The van der Waals surface area contributed by atoms with Gasteiger partial charge < -0.3 is 11.1 Å². The van der Waals surface area contributed by atoms with Crippen LogP contribution in [0.4, 0.5) is 0 Å². The molecule has 5 heteroatoms. The van der Waals surface area contributed by atoms with Crippen molar-refractivity contribution in [2.24, 2.45) is 24.6 Å². The molecule has 0 aliphatic heterocycles. The predicted molar refractivity (Wildman–Crippen MR) is 97.5 cm³/mol. The quantitative estimate of drug-likeness (QED) is 0.611. The van der Waals surface area contributed by atoms with Crippen LogP contribution in [0.5, 0.6) is 0 Å². The Labute approximate surface area is 146 Å². The fourth-order valence-corrected chi connectivity index (χ4v) is 3.91. The van der Waals surface area contributed by atoms with E-state index in [9.17, 15) is 4.79 Å². The third-order valence-electron chi connectivity index (χ3n) is 5.36. The normalized spacial score (nSPS) is 21.9. The summed E-state index contributed by atoms with van der Waals surface area (Å²) in [7, 11) is 1.89. The first kappa shape index (κ1) is 19.0. The Bertz CT molecular complexity index is 499. The monoisotopic (exact) mass is 334 g/mol. The van der Waals surface area contributed by atoms with E-state index in [0.29, 0.717) is 19.0 Å². The van der Waals surface area contributed by atoms with E-state index in [4.69, 9.17) is 5.73 Å². The summed E-state index contributed by atoms with van der Waals surface area (Å²) in [6.45, 7) is 2.94. The topological polar surface area (TPSA) is 72.9 Å². The average Bonchev–Trinajstić information content (AvgIpc) is 3.16. The Kier molecular flexibility index (Phi) is 7.76. The number of aromatic nitrogens is 2. The van der Waals surface area contributed by atoms with Crippen molar-refractivity contribution in [3.05, 3.63) is 18.0 Å². The van der Waals surface area contributed by atoms with Crippen LogP contribution in [0, 0.1) is 11.8 Å².